The number of nitro groups is 1. The van der Waals surface area contributed by atoms with Gasteiger partial charge in [-0.25, -0.2) is 0 Å². The zero-order valence-electron chi connectivity index (χ0n) is 12.7. The predicted molar refractivity (Wildman–Crippen MR) is 94.9 cm³/mol. The number of benzene rings is 1. The van der Waals surface area contributed by atoms with E-state index in [0.29, 0.717) is 20.8 Å². The molecule has 0 radical (unpaired) electrons. The maximum absolute atomic E-state index is 12.5. The van der Waals surface area contributed by atoms with E-state index < -0.39 is 4.92 Å². The van der Waals surface area contributed by atoms with Crippen molar-refractivity contribution < 1.29 is 9.72 Å². The van der Waals surface area contributed by atoms with Crippen molar-refractivity contribution in [3.8, 4) is 6.07 Å². The van der Waals surface area contributed by atoms with E-state index in [2.05, 4.69) is 11.4 Å². The minimum atomic E-state index is -0.465. The molecule has 0 atom stereocenters. The zero-order valence-corrected chi connectivity index (χ0v) is 14.4. The minimum absolute atomic E-state index is 0.0106. The summed E-state index contributed by atoms with van der Waals surface area (Å²) in [7, 11) is 0. The first-order valence-electron chi connectivity index (χ1n) is 6.90. The summed E-state index contributed by atoms with van der Waals surface area (Å²) in [6.07, 6.45) is 0. The fourth-order valence-electron chi connectivity index (χ4n) is 2.27. The average molecular weight is 357 g/mol. The number of aryl methyl sites for hydroxylation is 1. The van der Waals surface area contributed by atoms with Crippen LogP contribution in [0.25, 0.3) is 10.1 Å². The predicted octanol–water partition coefficient (Wildman–Crippen LogP) is 4.61. The van der Waals surface area contributed by atoms with Crippen molar-refractivity contribution in [1.82, 2.24) is 0 Å². The Kier molecular flexibility index (Phi) is 4.05. The molecule has 0 spiro atoms. The molecular formula is C16H11N3O3S2. The summed E-state index contributed by atoms with van der Waals surface area (Å²) in [5.41, 5.74) is 1.33. The fraction of sp³-hybridized carbons (Fsp3) is 0.125. The van der Waals surface area contributed by atoms with Gasteiger partial charge in [-0.3, -0.25) is 14.9 Å². The summed E-state index contributed by atoms with van der Waals surface area (Å²) < 4.78 is 0.796. The Labute approximate surface area is 145 Å². The molecule has 0 saturated carbocycles. The van der Waals surface area contributed by atoms with Crippen molar-refractivity contribution in [3.05, 3.63) is 55.3 Å². The van der Waals surface area contributed by atoms with E-state index in [4.69, 9.17) is 0 Å². The van der Waals surface area contributed by atoms with Gasteiger partial charge in [0.25, 0.3) is 11.6 Å². The van der Waals surface area contributed by atoms with Gasteiger partial charge in [-0.05, 0) is 31.5 Å². The Hall–Kier alpha value is -2.76. The van der Waals surface area contributed by atoms with E-state index in [-0.39, 0.29) is 11.6 Å². The van der Waals surface area contributed by atoms with Crippen LogP contribution in [0, 0.1) is 35.3 Å². The number of non-ortho nitro benzene ring substituents is 1. The molecule has 1 N–H and O–H groups in total. The number of hydrogen-bond donors (Lipinski definition) is 1. The van der Waals surface area contributed by atoms with Gasteiger partial charge in [0.15, 0.2) is 0 Å². The van der Waals surface area contributed by atoms with Gasteiger partial charge in [-0.2, -0.15) is 5.26 Å². The van der Waals surface area contributed by atoms with E-state index in [1.165, 1.54) is 34.8 Å². The van der Waals surface area contributed by atoms with Gasteiger partial charge in [0.05, 0.1) is 15.4 Å². The standard InChI is InChI=1S/C16H11N3O3S2/c1-8-9(2)23-16(12(8)7-17)18-15(20)14-6-10-5-11(19(21)22)3-4-13(10)24-14/h3-6H,1-2H3,(H,18,20). The fourth-order valence-corrected chi connectivity index (χ4v) is 4.21. The summed E-state index contributed by atoms with van der Waals surface area (Å²) in [5, 5.41) is 24.0. The molecule has 120 valence electrons. The summed E-state index contributed by atoms with van der Waals surface area (Å²) in [5.74, 6) is -0.323. The van der Waals surface area contributed by atoms with E-state index in [1.807, 2.05) is 13.8 Å². The Morgan fingerprint density at radius 3 is 2.71 bits per heavy atom. The topological polar surface area (TPSA) is 96.0 Å². The zero-order chi connectivity index (χ0) is 17.4. The Balaban J connectivity index is 1.93. The van der Waals surface area contributed by atoms with Crippen LogP contribution in [-0.4, -0.2) is 10.8 Å². The molecule has 0 bridgehead atoms. The van der Waals surface area contributed by atoms with Crippen molar-refractivity contribution in [2.75, 3.05) is 5.32 Å². The maximum Gasteiger partial charge on any atom is 0.270 e. The number of nitriles is 1. The lowest BCUT2D eigenvalue weighted by Gasteiger charge is -2.00. The quantitative estimate of drug-likeness (QED) is 0.547. The molecular weight excluding hydrogens is 346 g/mol. The molecule has 8 heteroatoms. The SMILES string of the molecule is Cc1sc(NC(=O)c2cc3cc([N+](=O)[O-])ccc3s2)c(C#N)c1C. The molecule has 6 nitrogen and oxygen atoms in total. The number of anilines is 1. The second-order valence-electron chi connectivity index (χ2n) is 5.14. The highest BCUT2D eigenvalue weighted by Crippen LogP contribution is 2.33. The molecule has 0 aliphatic carbocycles. The third-order valence-corrected chi connectivity index (χ3v) is 5.90. The molecule has 0 aliphatic rings. The van der Waals surface area contributed by atoms with Gasteiger partial charge in [-0.1, -0.05) is 0 Å². The lowest BCUT2D eigenvalue weighted by Crippen LogP contribution is -2.09. The van der Waals surface area contributed by atoms with Crippen LogP contribution in [0.1, 0.15) is 25.7 Å². The number of nitrogens with one attached hydrogen (secondary N) is 1. The number of nitro benzene ring substituents is 1. The van der Waals surface area contributed by atoms with Crippen LogP contribution in [0.5, 0.6) is 0 Å². The van der Waals surface area contributed by atoms with E-state index >= 15 is 0 Å². The molecule has 3 rings (SSSR count). The maximum atomic E-state index is 12.5. The monoisotopic (exact) mass is 357 g/mol. The van der Waals surface area contributed by atoms with Crippen molar-refractivity contribution in [2.24, 2.45) is 0 Å². The van der Waals surface area contributed by atoms with Crippen LogP contribution < -0.4 is 5.32 Å². The number of thiophene rings is 2. The van der Waals surface area contributed by atoms with Gasteiger partial charge >= 0.3 is 0 Å². The van der Waals surface area contributed by atoms with Crippen LogP contribution in [0.15, 0.2) is 24.3 Å². The molecule has 3 aromatic rings. The smallest absolute Gasteiger partial charge is 0.270 e. The molecule has 1 amide bonds. The largest absolute Gasteiger partial charge is 0.312 e. The highest BCUT2D eigenvalue weighted by atomic mass is 32.1. The third kappa shape index (κ3) is 2.75. The first kappa shape index (κ1) is 16.1. The Morgan fingerprint density at radius 1 is 1.29 bits per heavy atom. The Morgan fingerprint density at radius 2 is 2.04 bits per heavy atom. The van der Waals surface area contributed by atoms with Crippen LogP contribution in [0.3, 0.4) is 0 Å². The lowest BCUT2D eigenvalue weighted by atomic mass is 10.2. The van der Waals surface area contributed by atoms with E-state index in [1.54, 1.807) is 12.1 Å². The van der Waals surface area contributed by atoms with Gasteiger partial charge in [0.1, 0.15) is 11.1 Å². The highest BCUT2D eigenvalue weighted by molar-refractivity contribution is 7.21. The van der Waals surface area contributed by atoms with Gasteiger partial charge in [0, 0.05) is 27.1 Å². The normalized spacial score (nSPS) is 10.5. The summed E-state index contributed by atoms with van der Waals surface area (Å²) >= 11 is 2.62. The number of hydrogen-bond acceptors (Lipinski definition) is 6. The number of amides is 1. The number of fused-ring (bicyclic) bond motifs is 1. The molecule has 2 heterocycles. The number of carbonyl (C=O) groups is 1. The number of carbonyl (C=O) groups excluding carboxylic acids is 1. The van der Waals surface area contributed by atoms with Crippen LogP contribution >= 0.6 is 22.7 Å². The third-order valence-electron chi connectivity index (χ3n) is 3.66. The van der Waals surface area contributed by atoms with E-state index in [0.717, 1.165) is 15.1 Å². The molecule has 2 aromatic heterocycles. The van der Waals surface area contributed by atoms with Crippen LogP contribution in [0.2, 0.25) is 0 Å². The second kappa shape index (κ2) is 6.03. The van der Waals surface area contributed by atoms with E-state index in [9.17, 15) is 20.2 Å². The average Bonchev–Trinajstić information content (AvgIpc) is 3.08. The minimum Gasteiger partial charge on any atom is -0.312 e. The van der Waals surface area contributed by atoms with Crippen molar-refractivity contribution >= 4 is 49.4 Å². The molecule has 1 aromatic carbocycles. The first-order valence-corrected chi connectivity index (χ1v) is 8.53. The highest BCUT2D eigenvalue weighted by Gasteiger charge is 2.18. The van der Waals surface area contributed by atoms with Gasteiger partial charge < -0.3 is 5.32 Å². The summed E-state index contributed by atoms with van der Waals surface area (Å²) in [6.45, 7) is 3.74. The summed E-state index contributed by atoms with van der Waals surface area (Å²) in [6, 6.07) is 8.24. The van der Waals surface area contributed by atoms with Crippen LogP contribution in [-0.2, 0) is 0 Å². The van der Waals surface area contributed by atoms with Crippen molar-refractivity contribution in [1.29, 1.82) is 5.26 Å². The van der Waals surface area contributed by atoms with Crippen LogP contribution in [0.4, 0.5) is 10.7 Å². The van der Waals surface area contributed by atoms with Gasteiger partial charge in [0.2, 0.25) is 0 Å². The molecule has 0 fully saturated rings. The summed E-state index contributed by atoms with van der Waals surface area (Å²) in [4.78, 5) is 24.2. The van der Waals surface area contributed by atoms with Crippen molar-refractivity contribution in [2.45, 2.75) is 13.8 Å². The number of rotatable bonds is 3. The Bertz CT molecular complexity index is 1030. The molecule has 0 aliphatic heterocycles. The molecule has 24 heavy (non-hydrogen) atoms. The molecule has 0 unspecified atom stereocenters. The lowest BCUT2D eigenvalue weighted by molar-refractivity contribution is -0.384. The molecule has 0 saturated heterocycles. The second-order valence-corrected chi connectivity index (χ2v) is 7.45. The van der Waals surface area contributed by atoms with Crippen molar-refractivity contribution in [3.63, 3.8) is 0 Å². The number of nitrogens with zero attached hydrogens (tertiary/aromatic N) is 2. The first-order chi connectivity index (χ1) is 11.4. The van der Waals surface area contributed by atoms with Gasteiger partial charge in [-0.15, -0.1) is 22.7 Å².